The third kappa shape index (κ3) is 4.23. The molecule has 0 amide bonds. The van der Waals surface area contributed by atoms with E-state index in [9.17, 15) is 0 Å². The highest BCUT2D eigenvalue weighted by molar-refractivity contribution is 4.95. The van der Waals surface area contributed by atoms with Crippen LogP contribution in [-0.2, 0) is 6.54 Å². The van der Waals surface area contributed by atoms with Crippen molar-refractivity contribution in [3.05, 3.63) is 24.3 Å². The lowest BCUT2D eigenvalue weighted by Crippen LogP contribution is -2.47. The summed E-state index contributed by atoms with van der Waals surface area (Å²) in [5.74, 6) is 0. The summed E-state index contributed by atoms with van der Waals surface area (Å²) in [4.78, 5) is 8.97. The lowest BCUT2D eigenvalue weighted by molar-refractivity contribution is 0.137. The molecule has 1 aromatic rings. The molecule has 1 fully saturated rings. The monoisotopic (exact) mass is 249 g/mol. The molecule has 5 nitrogen and oxygen atoms in total. The minimum atomic E-state index is 0.938. The summed E-state index contributed by atoms with van der Waals surface area (Å²) < 4.78 is 1.90. The fraction of sp³-hybridized carbons (Fsp3) is 0.692. The largest absolute Gasteiger partial charge is 0.299 e. The molecule has 0 N–H and O–H groups in total. The van der Waals surface area contributed by atoms with Crippen molar-refractivity contribution in [2.75, 3.05) is 39.3 Å². The zero-order valence-electron chi connectivity index (χ0n) is 11.4. The lowest BCUT2D eigenvalue weighted by atomic mass is 10.2. The minimum Gasteiger partial charge on any atom is -0.299 e. The van der Waals surface area contributed by atoms with E-state index in [2.05, 4.69) is 39.8 Å². The van der Waals surface area contributed by atoms with Crippen LogP contribution < -0.4 is 0 Å². The van der Waals surface area contributed by atoms with Gasteiger partial charge in [-0.3, -0.25) is 14.5 Å². The highest BCUT2D eigenvalue weighted by Gasteiger charge is 2.15. The zero-order valence-corrected chi connectivity index (χ0v) is 11.4. The van der Waals surface area contributed by atoms with Gasteiger partial charge in [0, 0.05) is 39.3 Å². The number of nitrogens with zero attached hydrogens (tertiary/aromatic N) is 5. The van der Waals surface area contributed by atoms with Crippen molar-refractivity contribution >= 4 is 0 Å². The molecular weight excluding hydrogens is 226 g/mol. The maximum absolute atomic E-state index is 4.13. The van der Waals surface area contributed by atoms with Crippen LogP contribution in [0.2, 0.25) is 0 Å². The van der Waals surface area contributed by atoms with Crippen molar-refractivity contribution in [3.63, 3.8) is 0 Å². The molecular formula is C13H23N5. The van der Waals surface area contributed by atoms with Crippen LogP contribution in [0.3, 0.4) is 0 Å². The standard InChI is InChI=1S/C13H23N5/c1-13(2)3-4-16-5-7-17(8-6-16)9-10-18-12-14-11-15-18/h3,11-12H,4-10H2,1-2H3. The van der Waals surface area contributed by atoms with Crippen LogP contribution in [0.15, 0.2) is 24.3 Å². The van der Waals surface area contributed by atoms with E-state index in [0.717, 1.165) is 32.7 Å². The van der Waals surface area contributed by atoms with Gasteiger partial charge in [0.25, 0.3) is 0 Å². The molecule has 0 bridgehead atoms. The van der Waals surface area contributed by atoms with E-state index in [-0.39, 0.29) is 0 Å². The van der Waals surface area contributed by atoms with Crippen LogP contribution in [0.4, 0.5) is 0 Å². The normalized spacial score (nSPS) is 17.9. The second kappa shape index (κ2) is 6.66. The Kier molecular flexibility index (Phi) is 4.90. The summed E-state index contributed by atoms with van der Waals surface area (Å²) in [6, 6.07) is 0. The molecule has 0 unspecified atom stereocenters. The number of allylic oxidation sites excluding steroid dienone is 1. The first-order valence-electron chi connectivity index (χ1n) is 6.64. The van der Waals surface area contributed by atoms with Gasteiger partial charge in [0.1, 0.15) is 12.7 Å². The minimum absolute atomic E-state index is 0.938. The smallest absolute Gasteiger partial charge is 0.137 e. The number of hydrogen-bond donors (Lipinski definition) is 0. The number of aromatic nitrogens is 3. The summed E-state index contributed by atoms with van der Waals surface area (Å²) in [5.41, 5.74) is 1.41. The van der Waals surface area contributed by atoms with Gasteiger partial charge in [-0.15, -0.1) is 0 Å². The van der Waals surface area contributed by atoms with Crippen LogP contribution in [-0.4, -0.2) is 63.8 Å². The van der Waals surface area contributed by atoms with Crippen molar-refractivity contribution in [1.29, 1.82) is 0 Å². The second-order valence-electron chi connectivity index (χ2n) is 5.08. The Labute approximate surface area is 109 Å². The second-order valence-corrected chi connectivity index (χ2v) is 5.08. The molecule has 0 aliphatic carbocycles. The number of piperazine rings is 1. The van der Waals surface area contributed by atoms with Crippen LogP contribution in [0.25, 0.3) is 0 Å². The summed E-state index contributed by atoms with van der Waals surface area (Å²) in [6.45, 7) is 12.1. The third-order valence-corrected chi connectivity index (χ3v) is 3.33. The lowest BCUT2D eigenvalue weighted by Gasteiger charge is -2.34. The van der Waals surface area contributed by atoms with Gasteiger partial charge in [0.15, 0.2) is 0 Å². The van der Waals surface area contributed by atoms with Crippen LogP contribution in [0, 0.1) is 0 Å². The molecule has 5 heteroatoms. The molecule has 0 radical (unpaired) electrons. The first-order chi connectivity index (χ1) is 8.74. The Morgan fingerprint density at radius 1 is 1.11 bits per heavy atom. The van der Waals surface area contributed by atoms with Gasteiger partial charge in [-0.25, -0.2) is 4.98 Å². The van der Waals surface area contributed by atoms with Crippen molar-refractivity contribution in [2.45, 2.75) is 20.4 Å². The molecule has 2 heterocycles. The van der Waals surface area contributed by atoms with Crippen LogP contribution >= 0.6 is 0 Å². The highest BCUT2D eigenvalue weighted by Crippen LogP contribution is 2.03. The first-order valence-corrected chi connectivity index (χ1v) is 6.64. The van der Waals surface area contributed by atoms with E-state index < -0.39 is 0 Å². The van der Waals surface area contributed by atoms with E-state index in [1.165, 1.54) is 18.7 Å². The van der Waals surface area contributed by atoms with Gasteiger partial charge < -0.3 is 0 Å². The fourth-order valence-electron chi connectivity index (χ4n) is 2.10. The molecule has 18 heavy (non-hydrogen) atoms. The average molecular weight is 249 g/mol. The molecule has 100 valence electrons. The topological polar surface area (TPSA) is 37.2 Å². The van der Waals surface area contributed by atoms with Gasteiger partial charge >= 0.3 is 0 Å². The molecule has 1 saturated heterocycles. The van der Waals surface area contributed by atoms with Gasteiger partial charge in [0.2, 0.25) is 0 Å². The number of rotatable bonds is 5. The Balaban J connectivity index is 1.65. The molecule has 2 rings (SSSR count). The maximum Gasteiger partial charge on any atom is 0.137 e. The summed E-state index contributed by atoms with van der Waals surface area (Å²) in [5, 5.41) is 4.13. The van der Waals surface area contributed by atoms with Crippen LogP contribution in [0.5, 0.6) is 0 Å². The highest BCUT2D eigenvalue weighted by atomic mass is 15.3. The molecule has 1 aromatic heterocycles. The average Bonchev–Trinajstić information content (AvgIpc) is 2.88. The third-order valence-electron chi connectivity index (χ3n) is 3.33. The molecule has 0 spiro atoms. The maximum atomic E-state index is 4.13. The van der Waals surface area contributed by atoms with E-state index in [1.54, 1.807) is 12.7 Å². The van der Waals surface area contributed by atoms with Gasteiger partial charge in [-0.1, -0.05) is 11.6 Å². The quantitative estimate of drug-likeness (QED) is 0.725. The van der Waals surface area contributed by atoms with Gasteiger partial charge in [-0.05, 0) is 13.8 Å². The van der Waals surface area contributed by atoms with Crippen LogP contribution in [0.1, 0.15) is 13.8 Å². The Morgan fingerprint density at radius 3 is 2.44 bits per heavy atom. The van der Waals surface area contributed by atoms with Crippen molar-refractivity contribution in [2.24, 2.45) is 0 Å². The Morgan fingerprint density at radius 2 is 1.83 bits per heavy atom. The summed E-state index contributed by atoms with van der Waals surface area (Å²) in [6.07, 6.45) is 5.69. The van der Waals surface area contributed by atoms with Gasteiger partial charge in [-0.2, -0.15) is 5.10 Å². The van der Waals surface area contributed by atoms with E-state index in [1.807, 2.05) is 4.68 Å². The van der Waals surface area contributed by atoms with Crippen molar-refractivity contribution in [1.82, 2.24) is 24.6 Å². The Bertz CT molecular complexity index is 359. The molecule has 1 aliphatic heterocycles. The van der Waals surface area contributed by atoms with E-state index in [0.29, 0.717) is 0 Å². The van der Waals surface area contributed by atoms with E-state index >= 15 is 0 Å². The summed E-state index contributed by atoms with van der Waals surface area (Å²) in [7, 11) is 0. The fourth-order valence-corrected chi connectivity index (χ4v) is 2.10. The molecule has 0 atom stereocenters. The van der Waals surface area contributed by atoms with Crippen molar-refractivity contribution in [3.8, 4) is 0 Å². The van der Waals surface area contributed by atoms with E-state index in [4.69, 9.17) is 0 Å². The predicted octanol–water partition coefficient (Wildman–Crippen LogP) is 0.862. The molecule has 0 aromatic carbocycles. The predicted molar refractivity (Wildman–Crippen MR) is 72.3 cm³/mol. The van der Waals surface area contributed by atoms with Crippen molar-refractivity contribution < 1.29 is 0 Å². The Hall–Kier alpha value is -1.20. The molecule has 1 aliphatic rings. The number of hydrogen-bond acceptors (Lipinski definition) is 4. The zero-order chi connectivity index (χ0) is 12.8. The first kappa shape index (κ1) is 13.2. The van der Waals surface area contributed by atoms with Gasteiger partial charge in [0.05, 0.1) is 6.54 Å². The summed E-state index contributed by atoms with van der Waals surface area (Å²) >= 11 is 0. The SMILES string of the molecule is CC(C)=CCN1CCN(CCn2cncn2)CC1. The molecule has 0 saturated carbocycles.